The number of methoxy groups -OCH3 is 1. The van der Waals surface area contributed by atoms with Crippen LogP contribution in [0.2, 0.25) is 0 Å². The van der Waals surface area contributed by atoms with Crippen molar-refractivity contribution >= 4 is 16.6 Å². The zero-order chi connectivity index (χ0) is 20.2. The third-order valence-corrected chi connectivity index (χ3v) is 5.76. The molecule has 29 heavy (non-hydrogen) atoms. The molecule has 7 nitrogen and oxygen atoms in total. The van der Waals surface area contributed by atoms with Gasteiger partial charge in [0, 0.05) is 24.6 Å². The van der Waals surface area contributed by atoms with Gasteiger partial charge in [0.15, 0.2) is 5.78 Å². The summed E-state index contributed by atoms with van der Waals surface area (Å²) in [6, 6.07) is 11.9. The molecule has 0 radical (unpaired) electrons. The molecule has 0 amide bonds. The third kappa shape index (κ3) is 4.45. The van der Waals surface area contributed by atoms with Gasteiger partial charge in [-0.2, -0.15) is 0 Å². The van der Waals surface area contributed by atoms with Gasteiger partial charge in [-0.3, -0.25) is 4.79 Å². The number of aromatic nitrogens is 4. The van der Waals surface area contributed by atoms with Crippen LogP contribution in [0.3, 0.4) is 0 Å². The number of hydrogen-bond donors (Lipinski definition) is 0. The molecule has 1 saturated heterocycles. The number of carbonyl (C=O) groups is 1. The van der Waals surface area contributed by atoms with E-state index in [4.69, 9.17) is 4.74 Å². The van der Waals surface area contributed by atoms with Gasteiger partial charge in [0.25, 0.3) is 0 Å². The second kappa shape index (κ2) is 8.69. The first-order chi connectivity index (χ1) is 14.1. The summed E-state index contributed by atoms with van der Waals surface area (Å²) in [6.45, 7) is 5.56. The van der Waals surface area contributed by atoms with E-state index in [2.05, 4.69) is 20.4 Å². The molecule has 0 N–H and O–H groups in total. The molecule has 0 spiro atoms. The molecular weight excluding hydrogens is 366 g/mol. The highest BCUT2D eigenvalue weighted by Gasteiger charge is 2.26. The number of piperidine rings is 1. The van der Waals surface area contributed by atoms with Crippen LogP contribution >= 0.6 is 0 Å². The fourth-order valence-corrected chi connectivity index (χ4v) is 4.11. The van der Waals surface area contributed by atoms with E-state index in [9.17, 15) is 4.79 Å². The lowest BCUT2D eigenvalue weighted by molar-refractivity contribution is 0.0817. The van der Waals surface area contributed by atoms with E-state index in [0.717, 1.165) is 73.4 Å². The Morgan fingerprint density at radius 1 is 1.17 bits per heavy atom. The number of rotatable bonds is 7. The predicted octanol–water partition coefficient (Wildman–Crippen LogP) is 3.13. The largest absolute Gasteiger partial charge is 0.497 e. The maximum Gasteiger partial charge on any atom is 0.167 e. The van der Waals surface area contributed by atoms with Gasteiger partial charge in [-0.15, -0.1) is 5.10 Å². The summed E-state index contributed by atoms with van der Waals surface area (Å²) in [7, 11) is 1.66. The molecule has 0 bridgehead atoms. The van der Waals surface area contributed by atoms with Crippen LogP contribution in [-0.4, -0.2) is 57.6 Å². The lowest BCUT2D eigenvalue weighted by Gasteiger charge is -2.32. The number of benzene rings is 2. The fraction of sp³-hybridized carbons (Fsp3) is 0.455. The van der Waals surface area contributed by atoms with Crippen LogP contribution in [0.25, 0.3) is 10.8 Å². The Morgan fingerprint density at radius 3 is 2.79 bits per heavy atom. The fourth-order valence-electron chi connectivity index (χ4n) is 4.11. The highest BCUT2D eigenvalue weighted by atomic mass is 16.5. The number of hydrogen-bond acceptors (Lipinski definition) is 6. The summed E-state index contributed by atoms with van der Waals surface area (Å²) >= 11 is 0. The van der Waals surface area contributed by atoms with Gasteiger partial charge in [-0.25, -0.2) is 4.68 Å². The number of aryl methyl sites for hydroxylation is 2. The summed E-state index contributed by atoms with van der Waals surface area (Å²) in [6.07, 6.45) is 3.00. The van der Waals surface area contributed by atoms with Crippen molar-refractivity contribution in [2.45, 2.75) is 32.7 Å². The van der Waals surface area contributed by atoms with E-state index in [1.54, 1.807) is 7.11 Å². The average Bonchev–Trinajstić information content (AvgIpc) is 3.17. The SMILES string of the molecule is COc1ccc2cc(C(=O)[C@H]3CCCN(CCCn4nnnc4C)C3)ccc2c1. The number of ether oxygens (including phenoxy) is 1. The van der Waals surface area contributed by atoms with E-state index in [1.165, 1.54) is 0 Å². The highest BCUT2D eigenvalue weighted by molar-refractivity contribution is 6.01. The summed E-state index contributed by atoms with van der Waals surface area (Å²) in [5.41, 5.74) is 0.804. The molecule has 1 fully saturated rings. The number of Topliss-reactive ketones (excluding diaryl/α,β-unsaturated/α-hetero) is 1. The molecule has 0 aliphatic carbocycles. The summed E-state index contributed by atoms with van der Waals surface area (Å²) in [4.78, 5) is 15.5. The Kier molecular flexibility index (Phi) is 5.85. The van der Waals surface area contributed by atoms with Crippen LogP contribution in [0.4, 0.5) is 0 Å². The number of likely N-dealkylation sites (tertiary alicyclic amines) is 1. The van der Waals surface area contributed by atoms with Gasteiger partial charge in [-0.05, 0) is 78.7 Å². The van der Waals surface area contributed by atoms with Crippen molar-refractivity contribution in [3.63, 3.8) is 0 Å². The van der Waals surface area contributed by atoms with Crippen LogP contribution in [0.1, 0.15) is 35.4 Å². The molecule has 1 atom stereocenters. The van der Waals surface area contributed by atoms with E-state index < -0.39 is 0 Å². The van der Waals surface area contributed by atoms with Crippen molar-refractivity contribution in [2.75, 3.05) is 26.7 Å². The van der Waals surface area contributed by atoms with Crippen LogP contribution in [-0.2, 0) is 6.54 Å². The second-order valence-electron chi connectivity index (χ2n) is 7.73. The molecule has 0 unspecified atom stereocenters. The number of ketones is 1. The molecule has 1 aliphatic heterocycles. The van der Waals surface area contributed by atoms with E-state index >= 15 is 0 Å². The van der Waals surface area contributed by atoms with E-state index in [0.29, 0.717) is 0 Å². The zero-order valence-electron chi connectivity index (χ0n) is 17.0. The quantitative estimate of drug-likeness (QED) is 0.574. The minimum atomic E-state index is 0.0641. The Bertz CT molecular complexity index is 1000. The number of tetrazole rings is 1. The van der Waals surface area contributed by atoms with Gasteiger partial charge in [0.1, 0.15) is 11.6 Å². The summed E-state index contributed by atoms with van der Waals surface area (Å²) in [5.74, 6) is 1.99. The molecule has 4 rings (SSSR count). The van der Waals surface area contributed by atoms with Gasteiger partial charge in [0.2, 0.25) is 0 Å². The third-order valence-electron chi connectivity index (χ3n) is 5.76. The van der Waals surface area contributed by atoms with Crippen molar-refractivity contribution in [3.8, 4) is 5.75 Å². The maximum atomic E-state index is 13.1. The minimum absolute atomic E-state index is 0.0641. The maximum absolute atomic E-state index is 13.1. The normalized spacial score (nSPS) is 17.5. The van der Waals surface area contributed by atoms with Crippen LogP contribution in [0.5, 0.6) is 5.75 Å². The molecular formula is C22H27N5O2. The predicted molar refractivity (Wildman–Crippen MR) is 111 cm³/mol. The Labute approximate surface area is 170 Å². The highest BCUT2D eigenvalue weighted by Crippen LogP contribution is 2.25. The first kappa shape index (κ1) is 19.5. The number of carbonyl (C=O) groups excluding carboxylic acids is 1. The van der Waals surface area contributed by atoms with Crippen LogP contribution in [0, 0.1) is 12.8 Å². The van der Waals surface area contributed by atoms with E-state index in [1.807, 2.05) is 48.0 Å². The zero-order valence-corrected chi connectivity index (χ0v) is 17.0. The van der Waals surface area contributed by atoms with Gasteiger partial charge >= 0.3 is 0 Å². The lowest BCUT2D eigenvalue weighted by Crippen LogP contribution is -2.39. The smallest absolute Gasteiger partial charge is 0.167 e. The molecule has 152 valence electrons. The van der Waals surface area contributed by atoms with Crippen molar-refractivity contribution in [1.29, 1.82) is 0 Å². The van der Waals surface area contributed by atoms with Crippen molar-refractivity contribution < 1.29 is 9.53 Å². The first-order valence-corrected chi connectivity index (χ1v) is 10.2. The number of nitrogens with zero attached hydrogens (tertiary/aromatic N) is 5. The van der Waals surface area contributed by atoms with Crippen molar-refractivity contribution in [3.05, 3.63) is 47.8 Å². The lowest BCUT2D eigenvalue weighted by atomic mass is 9.89. The average molecular weight is 393 g/mol. The van der Waals surface area contributed by atoms with Crippen LogP contribution in [0.15, 0.2) is 36.4 Å². The van der Waals surface area contributed by atoms with Gasteiger partial charge < -0.3 is 9.64 Å². The Morgan fingerprint density at radius 2 is 2.00 bits per heavy atom. The van der Waals surface area contributed by atoms with E-state index in [-0.39, 0.29) is 11.7 Å². The second-order valence-corrected chi connectivity index (χ2v) is 7.73. The van der Waals surface area contributed by atoms with Crippen LogP contribution < -0.4 is 4.74 Å². The molecule has 2 heterocycles. The summed E-state index contributed by atoms with van der Waals surface area (Å²) in [5, 5.41) is 13.8. The monoisotopic (exact) mass is 393 g/mol. The molecule has 1 aromatic heterocycles. The standard InChI is InChI=1S/C22H27N5O2/c1-16-23-24-25-27(16)12-4-11-26-10-3-5-20(15-26)22(28)19-7-6-18-14-21(29-2)9-8-17(18)13-19/h6-9,13-14,20H,3-5,10-12,15H2,1-2H3/t20-/m0/s1. The van der Waals surface area contributed by atoms with Crippen molar-refractivity contribution in [1.82, 2.24) is 25.1 Å². The molecule has 7 heteroatoms. The van der Waals surface area contributed by atoms with Gasteiger partial charge in [0.05, 0.1) is 7.11 Å². The minimum Gasteiger partial charge on any atom is -0.497 e. The summed E-state index contributed by atoms with van der Waals surface area (Å²) < 4.78 is 7.11. The number of fused-ring (bicyclic) bond motifs is 1. The molecule has 0 saturated carbocycles. The molecule has 3 aromatic rings. The first-order valence-electron chi connectivity index (χ1n) is 10.2. The molecule has 2 aromatic carbocycles. The topological polar surface area (TPSA) is 73.1 Å². The Balaban J connectivity index is 1.38. The van der Waals surface area contributed by atoms with Gasteiger partial charge in [-0.1, -0.05) is 18.2 Å². The van der Waals surface area contributed by atoms with Crippen molar-refractivity contribution in [2.24, 2.45) is 5.92 Å². The molecule has 1 aliphatic rings. The Hall–Kier alpha value is -2.80.